The summed E-state index contributed by atoms with van der Waals surface area (Å²) in [5.41, 5.74) is 4.23. The zero-order valence-corrected chi connectivity index (χ0v) is 11.5. The van der Waals surface area contributed by atoms with Crippen LogP contribution >= 0.6 is 0 Å². The average Bonchev–Trinajstić information content (AvgIpc) is 3.00. The molecule has 1 aliphatic rings. The fourth-order valence-corrected chi connectivity index (χ4v) is 2.64. The Morgan fingerprint density at radius 3 is 2.71 bits per heavy atom. The Morgan fingerprint density at radius 1 is 1.14 bits per heavy atom. The van der Waals surface area contributed by atoms with Crippen LogP contribution in [0.4, 0.5) is 5.69 Å². The van der Waals surface area contributed by atoms with Crippen LogP contribution < -0.4 is 4.90 Å². The van der Waals surface area contributed by atoms with E-state index in [2.05, 4.69) is 50.3 Å². The first-order valence-electron chi connectivity index (χ1n) is 7.05. The van der Waals surface area contributed by atoms with Crippen molar-refractivity contribution < 1.29 is 4.74 Å². The molecule has 0 atom stereocenters. The third-order valence-electron chi connectivity index (χ3n) is 3.78. The van der Waals surface area contributed by atoms with Crippen LogP contribution in [0.5, 0.6) is 0 Å². The van der Waals surface area contributed by atoms with E-state index in [-0.39, 0.29) is 0 Å². The van der Waals surface area contributed by atoms with Crippen molar-refractivity contribution in [3.05, 3.63) is 42.9 Å². The molecule has 0 amide bonds. The van der Waals surface area contributed by atoms with Gasteiger partial charge in [-0.3, -0.25) is 0 Å². The monoisotopic (exact) mass is 279 g/mol. The van der Waals surface area contributed by atoms with Gasteiger partial charge in [0.1, 0.15) is 18.2 Å². The number of ether oxygens (including phenoxy) is 1. The van der Waals surface area contributed by atoms with Crippen molar-refractivity contribution in [3.63, 3.8) is 0 Å². The highest BCUT2D eigenvalue weighted by Crippen LogP contribution is 2.25. The molecule has 2 aromatic heterocycles. The molecule has 1 saturated heterocycles. The van der Waals surface area contributed by atoms with Crippen molar-refractivity contribution in [3.8, 4) is 11.3 Å². The van der Waals surface area contributed by atoms with Gasteiger partial charge in [0.25, 0.3) is 0 Å². The fraction of sp³-hybridized carbons (Fsp3) is 0.250. The van der Waals surface area contributed by atoms with E-state index in [9.17, 15) is 0 Å². The molecule has 3 aromatic rings. The lowest BCUT2D eigenvalue weighted by atomic mass is 10.1. The number of nitrogens with one attached hydrogen (secondary N) is 1. The van der Waals surface area contributed by atoms with E-state index >= 15 is 0 Å². The lowest BCUT2D eigenvalue weighted by Gasteiger charge is -2.28. The molecular formula is C16H15N4O. The van der Waals surface area contributed by atoms with Gasteiger partial charge in [-0.05, 0) is 23.8 Å². The third-order valence-corrected chi connectivity index (χ3v) is 3.78. The number of aromatic amines is 1. The van der Waals surface area contributed by atoms with E-state index in [4.69, 9.17) is 4.74 Å². The number of morpholine rings is 1. The van der Waals surface area contributed by atoms with Gasteiger partial charge in [0, 0.05) is 29.9 Å². The molecule has 1 aliphatic heterocycles. The second kappa shape index (κ2) is 5.18. The smallest absolute Gasteiger partial charge is 0.141 e. The van der Waals surface area contributed by atoms with Crippen molar-refractivity contribution in [2.75, 3.05) is 31.2 Å². The minimum Gasteiger partial charge on any atom is -0.378 e. The Hall–Kier alpha value is -2.40. The van der Waals surface area contributed by atoms with Crippen LogP contribution in [0.1, 0.15) is 0 Å². The first-order chi connectivity index (χ1) is 10.4. The van der Waals surface area contributed by atoms with Gasteiger partial charge < -0.3 is 14.6 Å². The first kappa shape index (κ1) is 12.3. The maximum absolute atomic E-state index is 5.38. The highest BCUT2D eigenvalue weighted by atomic mass is 16.5. The summed E-state index contributed by atoms with van der Waals surface area (Å²) in [4.78, 5) is 13.8. The number of fused-ring (bicyclic) bond motifs is 1. The molecule has 1 radical (unpaired) electrons. The lowest BCUT2D eigenvalue weighted by molar-refractivity contribution is 0.122. The summed E-state index contributed by atoms with van der Waals surface area (Å²) in [5, 5.41) is 0.907. The molecule has 3 heterocycles. The summed E-state index contributed by atoms with van der Waals surface area (Å²) in [6.45, 7) is 3.52. The second-order valence-electron chi connectivity index (χ2n) is 5.08. The molecule has 0 bridgehead atoms. The molecule has 1 aromatic carbocycles. The SMILES string of the molecule is [c]1ncnc2[nH]c(-c3ccc(N4CCOCC4)cc3)cc12. The normalized spacial score (nSPS) is 15.5. The Kier molecular flexibility index (Phi) is 3.05. The summed E-state index contributed by atoms with van der Waals surface area (Å²) >= 11 is 0. The highest BCUT2D eigenvalue weighted by molar-refractivity contribution is 5.82. The fourth-order valence-electron chi connectivity index (χ4n) is 2.64. The maximum atomic E-state index is 5.38. The van der Waals surface area contributed by atoms with Crippen LogP contribution in [-0.2, 0) is 4.74 Å². The molecular weight excluding hydrogens is 264 g/mol. The summed E-state index contributed by atoms with van der Waals surface area (Å²) in [5.74, 6) is 0. The zero-order chi connectivity index (χ0) is 14.1. The molecule has 0 saturated carbocycles. The Bertz CT molecular complexity index is 711. The van der Waals surface area contributed by atoms with Gasteiger partial charge in [-0.1, -0.05) is 12.1 Å². The van der Waals surface area contributed by atoms with Gasteiger partial charge in [0.2, 0.25) is 0 Å². The topological polar surface area (TPSA) is 54.0 Å². The quantitative estimate of drug-likeness (QED) is 0.782. The Balaban J connectivity index is 1.63. The molecule has 1 fully saturated rings. The van der Waals surface area contributed by atoms with Crippen LogP contribution in [0, 0.1) is 6.20 Å². The largest absolute Gasteiger partial charge is 0.378 e. The number of nitrogens with zero attached hydrogens (tertiary/aromatic N) is 3. The van der Waals surface area contributed by atoms with Crippen LogP contribution in [0.2, 0.25) is 0 Å². The van der Waals surface area contributed by atoms with Crippen molar-refractivity contribution in [2.45, 2.75) is 0 Å². The first-order valence-corrected chi connectivity index (χ1v) is 7.05. The maximum Gasteiger partial charge on any atom is 0.141 e. The number of rotatable bonds is 2. The van der Waals surface area contributed by atoms with Crippen LogP contribution in [0.15, 0.2) is 36.7 Å². The zero-order valence-electron chi connectivity index (χ0n) is 11.5. The molecule has 0 spiro atoms. The molecule has 21 heavy (non-hydrogen) atoms. The van der Waals surface area contributed by atoms with Gasteiger partial charge in [-0.15, -0.1) is 0 Å². The van der Waals surface area contributed by atoms with Crippen LogP contribution in [0.3, 0.4) is 0 Å². The van der Waals surface area contributed by atoms with Crippen molar-refractivity contribution in [1.29, 1.82) is 0 Å². The summed E-state index contributed by atoms with van der Waals surface area (Å²) in [6, 6.07) is 10.6. The Labute approximate surface area is 122 Å². The van der Waals surface area contributed by atoms with Gasteiger partial charge in [0.15, 0.2) is 0 Å². The van der Waals surface area contributed by atoms with Crippen LogP contribution in [-0.4, -0.2) is 41.3 Å². The molecule has 5 heteroatoms. The van der Waals surface area contributed by atoms with Gasteiger partial charge >= 0.3 is 0 Å². The molecule has 0 unspecified atom stereocenters. The summed E-state index contributed by atoms with van der Waals surface area (Å²) in [7, 11) is 0. The summed E-state index contributed by atoms with van der Waals surface area (Å²) in [6.07, 6.45) is 4.44. The predicted octanol–water partition coefficient (Wildman–Crippen LogP) is 2.26. The third kappa shape index (κ3) is 2.36. The molecule has 4 rings (SSSR count). The van der Waals surface area contributed by atoms with E-state index in [0.29, 0.717) is 0 Å². The summed E-state index contributed by atoms with van der Waals surface area (Å²) < 4.78 is 5.38. The number of anilines is 1. The number of H-pyrrole nitrogens is 1. The van der Waals surface area contributed by atoms with Gasteiger partial charge in [-0.25, -0.2) is 9.97 Å². The minimum absolute atomic E-state index is 0.804. The number of hydrogen-bond donors (Lipinski definition) is 1. The predicted molar refractivity (Wildman–Crippen MR) is 81.2 cm³/mol. The molecule has 105 valence electrons. The van der Waals surface area contributed by atoms with E-state index in [1.165, 1.54) is 12.0 Å². The highest BCUT2D eigenvalue weighted by Gasteiger charge is 2.11. The number of benzene rings is 1. The van der Waals surface area contributed by atoms with E-state index in [1.54, 1.807) is 0 Å². The van der Waals surface area contributed by atoms with E-state index in [0.717, 1.165) is 48.6 Å². The van der Waals surface area contributed by atoms with E-state index in [1.807, 2.05) is 6.07 Å². The van der Waals surface area contributed by atoms with Crippen LogP contribution in [0.25, 0.3) is 22.3 Å². The number of aromatic nitrogens is 3. The van der Waals surface area contributed by atoms with Gasteiger partial charge in [0.05, 0.1) is 13.2 Å². The van der Waals surface area contributed by atoms with Crippen molar-refractivity contribution >= 4 is 16.7 Å². The second-order valence-corrected chi connectivity index (χ2v) is 5.08. The number of hydrogen-bond acceptors (Lipinski definition) is 4. The van der Waals surface area contributed by atoms with E-state index < -0.39 is 0 Å². The lowest BCUT2D eigenvalue weighted by Crippen LogP contribution is -2.36. The average molecular weight is 279 g/mol. The Morgan fingerprint density at radius 2 is 1.95 bits per heavy atom. The minimum atomic E-state index is 0.804. The molecule has 1 N–H and O–H groups in total. The standard InChI is InChI=1S/C16H15N4O/c1-3-14(20-5-7-21-8-6-20)4-2-12(1)15-9-13-10-17-11-18-16(13)19-15/h1-4,9,11H,5-8H2,(H,17,18,19). The van der Waals surface area contributed by atoms with Gasteiger partial charge in [-0.2, -0.15) is 0 Å². The molecule has 5 nitrogen and oxygen atoms in total. The molecule has 0 aliphatic carbocycles. The van der Waals surface area contributed by atoms with Crippen molar-refractivity contribution in [2.24, 2.45) is 0 Å². The van der Waals surface area contributed by atoms with Crippen molar-refractivity contribution in [1.82, 2.24) is 15.0 Å².